The van der Waals surface area contributed by atoms with Gasteiger partial charge in [0, 0.05) is 29.8 Å². The van der Waals surface area contributed by atoms with Gasteiger partial charge in [-0.3, -0.25) is 4.98 Å². The average Bonchev–Trinajstić information content (AvgIpc) is 2.82. The van der Waals surface area contributed by atoms with Crippen molar-refractivity contribution in [1.29, 1.82) is 0 Å². The van der Waals surface area contributed by atoms with Gasteiger partial charge in [0.2, 0.25) is 0 Å². The summed E-state index contributed by atoms with van der Waals surface area (Å²) >= 11 is 0. The van der Waals surface area contributed by atoms with Crippen LogP contribution in [0.15, 0.2) is 12.1 Å². The average molecular weight is 202 g/mol. The first-order chi connectivity index (χ1) is 7.33. The molecular weight excluding hydrogens is 184 g/mol. The van der Waals surface area contributed by atoms with Gasteiger partial charge in [-0.2, -0.15) is 0 Å². The van der Waals surface area contributed by atoms with Crippen molar-refractivity contribution >= 4 is 0 Å². The Kier molecular flexibility index (Phi) is 2.24. The predicted molar refractivity (Wildman–Crippen MR) is 60.8 cm³/mol. The van der Waals surface area contributed by atoms with Crippen LogP contribution in [-0.4, -0.2) is 11.0 Å². The van der Waals surface area contributed by atoms with Crippen LogP contribution in [-0.2, 0) is 12.8 Å². The summed E-state index contributed by atoms with van der Waals surface area (Å²) in [5.41, 5.74) is 9.92. The second kappa shape index (κ2) is 3.60. The number of rotatable bonds is 1. The highest BCUT2D eigenvalue weighted by Gasteiger charge is 2.23. The molecular formula is C13H18N2. The summed E-state index contributed by atoms with van der Waals surface area (Å²) in [5, 5.41) is 0. The Hall–Kier alpha value is -0.890. The molecule has 80 valence electrons. The minimum Gasteiger partial charge on any atom is -0.327 e. The third-order valence-corrected chi connectivity index (χ3v) is 3.80. The molecule has 2 aliphatic rings. The van der Waals surface area contributed by atoms with Gasteiger partial charge in [0.05, 0.1) is 0 Å². The molecule has 3 rings (SSSR count). The number of nitrogens with zero attached hydrogens (tertiary/aromatic N) is 1. The maximum atomic E-state index is 5.95. The van der Waals surface area contributed by atoms with Crippen LogP contribution in [0.4, 0.5) is 0 Å². The summed E-state index contributed by atoms with van der Waals surface area (Å²) in [7, 11) is 0. The van der Waals surface area contributed by atoms with Gasteiger partial charge in [0.25, 0.3) is 0 Å². The Morgan fingerprint density at radius 2 is 1.93 bits per heavy atom. The van der Waals surface area contributed by atoms with Crippen molar-refractivity contribution < 1.29 is 0 Å². The fourth-order valence-corrected chi connectivity index (χ4v) is 2.96. The molecule has 0 saturated heterocycles. The van der Waals surface area contributed by atoms with Crippen molar-refractivity contribution in [3.63, 3.8) is 0 Å². The molecule has 1 saturated carbocycles. The highest BCUT2D eigenvalue weighted by Crippen LogP contribution is 2.34. The first-order valence-corrected chi connectivity index (χ1v) is 6.07. The number of hydrogen-bond acceptors (Lipinski definition) is 2. The third-order valence-electron chi connectivity index (χ3n) is 3.80. The minimum absolute atomic E-state index is 0.311. The molecule has 1 aromatic rings. The lowest BCUT2D eigenvalue weighted by molar-refractivity contribution is 0.685. The second-order valence-corrected chi connectivity index (χ2v) is 4.99. The standard InChI is InChI=1S/C13H18N2/c14-11-7-10-5-6-12(15-13(10)8-11)9-3-1-2-4-9/h5-6,9,11H,1-4,7-8,14H2. The van der Waals surface area contributed by atoms with E-state index in [4.69, 9.17) is 10.7 Å². The van der Waals surface area contributed by atoms with Gasteiger partial charge in [-0.1, -0.05) is 18.9 Å². The topological polar surface area (TPSA) is 38.9 Å². The Morgan fingerprint density at radius 1 is 1.13 bits per heavy atom. The van der Waals surface area contributed by atoms with Crippen LogP contribution >= 0.6 is 0 Å². The van der Waals surface area contributed by atoms with Crippen molar-refractivity contribution in [2.24, 2.45) is 5.73 Å². The van der Waals surface area contributed by atoms with Crippen molar-refractivity contribution in [3.8, 4) is 0 Å². The molecule has 1 aromatic heterocycles. The summed E-state index contributed by atoms with van der Waals surface area (Å²) in [6.07, 6.45) is 7.42. The maximum absolute atomic E-state index is 5.95. The van der Waals surface area contributed by atoms with Gasteiger partial charge in [-0.05, 0) is 30.9 Å². The number of pyridine rings is 1. The van der Waals surface area contributed by atoms with Crippen molar-refractivity contribution in [1.82, 2.24) is 4.98 Å². The zero-order valence-corrected chi connectivity index (χ0v) is 9.08. The summed E-state index contributed by atoms with van der Waals surface area (Å²) < 4.78 is 0. The van der Waals surface area contributed by atoms with E-state index in [0.29, 0.717) is 6.04 Å². The molecule has 0 spiro atoms. The zero-order chi connectivity index (χ0) is 10.3. The van der Waals surface area contributed by atoms with Crippen LogP contribution in [0.5, 0.6) is 0 Å². The molecule has 2 N–H and O–H groups in total. The monoisotopic (exact) mass is 202 g/mol. The van der Waals surface area contributed by atoms with Crippen molar-refractivity contribution in [2.45, 2.75) is 50.5 Å². The Labute approximate surface area is 90.9 Å². The van der Waals surface area contributed by atoms with Crippen LogP contribution in [0.2, 0.25) is 0 Å². The highest BCUT2D eigenvalue weighted by molar-refractivity contribution is 5.30. The Balaban J connectivity index is 1.89. The number of aromatic nitrogens is 1. The molecule has 0 aromatic carbocycles. The fourth-order valence-electron chi connectivity index (χ4n) is 2.96. The molecule has 1 fully saturated rings. The molecule has 0 bridgehead atoms. The maximum Gasteiger partial charge on any atom is 0.0455 e. The van der Waals surface area contributed by atoms with Gasteiger partial charge >= 0.3 is 0 Å². The molecule has 2 nitrogen and oxygen atoms in total. The largest absolute Gasteiger partial charge is 0.327 e. The molecule has 0 radical (unpaired) electrons. The van der Waals surface area contributed by atoms with Gasteiger partial charge in [0.15, 0.2) is 0 Å². The summed E-state index contributed by atoms with van der Waals surface area (Å²) in [4.78, 5) is 4.81. The van der Waals surface area contributed by atoms with E-state index in [1.807, 2.05) is 0 Å². The molecule has 15 heavy (non-hydrogen) atoms. The summed E-state index contributed by atoms with van der Waals surface area (Å²) in [6.45, 7) is 0. The Morgan fingerprint density at radius 3 is 2.73 bits per heavy atom. The van der Waals surface area contributed by atoms with Crippen LogP contribution in [0, 0.1) is 0 Å². The molecule has 0 amide bonds. The van der Waals surface area contributed by atoms with Crippen LogP contribution in [0.1, 0.15) is 48.6 Å². The molecule has 0 aliphatic heterocycles. The van der Waals surface area contributed by atoms with Gasteiger partial charge in [-0.15, -0.1) is 0 Å². The van der Waals surface area contributed by atoms with E-state index in [1.165, 1.54) is 42.6 Å². The van der Waals surface area contributed by atoms with Crippen molar-refractivity contribution in [3.05, 3.63) is 29.1 Å². The molecule has 2 heteroatoms. The first kappa shape index (κ1) is 9.34. The predicted octanol–water partition coefficient (Wildman–Crippen LogP) is 2.17. The SMILES string of the molecule is NC1Cc2ccc(C3CCCC3)nc2C1. The number of fused-ring (bicyclic) bond motifs is 1. The zero-order valence-electron chi connectivity index (χ0n) is 9.08. The normalized spacial score (nSPS) is 25.8. The minimum atomic E-state index is 0.311. The van der Waals surface area contributed by atoms with E-state index in [0.717, 1.165) is 18.8 Å². The third kappa shape index (κ3) is 1.67. The van der Waals surface area contributed by atoms with E-state index in [9.17, 15) is 0 Å². The molecule has 2 aliphatic carbocycles. The fraction of sp³-hybridized carbons (Fsp3) is 0.615. The lowest BCUT2D eigenvalue weighted by atomic mass is 10.0. The highest BCUT2D eigenvalue weighted by atomic mass is 14.8. The smallest absolute Gasteiger partial charge is 0.0455 e. The van der Waals surface area contributed by atoms with E-state index in [-0.39, 0.29) is 0 Å². The van der Waals surface area contributed by atoms with Gasteiger partial charge in [0.1, 0.15) is 0 Å². The van der Waals surface area contributed by atoms with Crippen LogP contribution < -0.4 is 5.73 Å². The second-order valence-electron chi connectivity index (χ2n) is 4.99. The van der Waals surface area contributed by atoms with Gasteiger partial charge in [-0.25, -0.2) is 0 Å². The Bertz CT molecular complexity index is 367. The van der Waals surface area contributed by atoms with E-state index >= 15 is 0 Å². The van der Waals surface area contributed by atoms with E-state index in [2.05, 4.69) is 12.1 Å². The van der Waals surface area contributed by atoms with Crippen molar-refractivity contribution in [2.75, 3.05) is 0 Å². The molecule has 1 heterocycles. The van der Waals surface area contributed by atoms with Crippen LogP contribution in [0.3, 0.4) is 0 Å². The van der Waals surface area contributed by atoms with E-state index < -0.39 is 0 Å². The van der Waals surface area contributed by atoms with Crippen LogP contribution in [0.25, 0.3) is 0 Å². The molecule has 1 unspecified atom stereocenters. The summed E-state index contributed by atoms with van der Waals surface area (Å²) in [6, 6.07) is 4.79. The first-order valence-electron chi connectivity index (χ1n) is 6.07. The number of nitrogens with two attached hydrogens (primary N) is 1. The quantitative estimate of drug-likeness (QED) is 0.758. The van der Waals surface area contributed by atoms with E-state index in [1.54, 1.807) is 0 Å². The molecule has 1 atom stereocenters. The summed E-state index contributed by atoms with van der Waals surface area (Å²) in [5.74, 6) is 0.729. The lowest BCUT2D eigenvalue weighted by Gasteiger charge is -2.09. The van der Waals surface area contributed by atoms with Gasteiger partial charge < -0.3 is 5.73 Å². The number of hydrogen-bond donors (Lipinski definition) is 1. The lowest BCUT2D eigenvalue weighted by Crippen LogP contribution is -2.19.